The maximum atomic E-state index is 13.5. The van der Waals surface area contributed by atoms with Crippen molar-refractivity contribution >= 4 is 11.6 Å². The number of hydrogen-bond acceptors (Lipinski definition) is 4. The molecule has 158 valence electrons. The number of rotatable bonds is 2. The molecule has 7 atom stereocenters. The monoisotopic (exact) mass is 409 g/mol. The summed E-state index contributed by atoms with van der Waals surface area (Å²) in [5.74, 6) is 2.60. The quantitative estimate of drug-likeness (QED) is 0.555. The van der Waals surface area contributed by atoms with Gasteiger partial charge in [-0.1, -0.05) is 6.08 Å². The zero-order chi connectivity index (χ0) is 20.4. The summed E-state index contributed by atoms with van der Waals surface area (Å²) >= 11 is 0. The topological polar surface area (TPSA) is 48.0 Å². The van der Waals surface area contributed by atoms with E-state index in [1.54, 1.807) is 19.8 Å². The van der Waals surface area contributed by atoms with Gasteiger partial charge in [0.05, 0.1) is 64.1 Å². The molecule has 1 aliphatic carbocycles. The zero-order valence-electron chi connectivity index (χ0n) is 17.9. The molecular weight excluding hydrogens is 380 g/mol. The molecule has 1 amide bonds. The molecule has 1 aromatic carbocycles. The third-order valence-electron chi connectivity index (χ3n) is 9.51. The molecule has 1 spiro atoms. The SMILES string of the molecule is COc1cc2c(cc1OC)[C@@]13CC[N+]4(C)CC5=CCO[C@H]6CC(=O)N2[C@H]1[C@H]6[C@H]5C[C@@H]34. The Hall–Kier alpha value is -2.05. The standard InChI is InChI=1S/C24H29N2O4/c1-26-6-5-24-15-9-17(28-2)18(29-3)10-16(15)25-21(27)11-19-22(23(24)25)14(8-20(24)26)13(12-26)4-7-30-19/h4,9-10,14,19-20,22-23H,5-8,11-12H2,1-3H3/q+1/t14-,19-,20-,22-,23-,24+,26?/m0/s1. The lowest BCUT2D eigenvalue weighted by atomic mass is 9.53. The molecule has 6 nitrogen and oxygen atoms in total. The van der Waals surface area contributed by atoms with E-state index in [1.807, 2.05) is 0 Å². The Morgan fingerprint density at radius 1 is 1.23 bits per heavy atom. The number of carbonyl (C=O) groups is 1. The van der Waals surface area contributed by atoms with Crippen LogP contribution in [0, 0.1) is 11.8 Å². The number of piperidine rings is 2. The number of anilines is 1. The Kier molecular flexibility index (Phi) is 3.17. The Bertz CT molecular complexity index is 1020. The first-order valence-electron chi connectivity index (χ1n) is 11.2. The molecule has 0 radical (unpaired) electrons. The molecule has 4 fully saturated rings. The molecule has 3 saturated heterocycles. The van der Waals surface area contributed by atoms with Gasteiger partial charge in [-0.2, -0.15) is 0 Å². The number of quaternary nitrogens is 1. The third-order valence-corrected chi connectivity index (χ3v) is 9.51. The second-order valence-electron chi connectivity index (χ2n) is 10.4. The van der Waals surface area contributed by atoms with E-state index in [9.17, 15) is 4.79 Å². The van der Waals surface area contributed by atoms with Gasteiger partial charge in [0.15, 0.2) is 11.5 Å². The van der Waals surface area contributed by atoms with Gasteiger partial charge in [-0.05, 0) is 23.1 Å². The van der Waals surface area contributed by atoms with Crippen molar-refractivity contribution in [3.8, 4) is 11.5 Å². The normalized spacial score (nSPS) is 44.4. The van der Waals surface area contributed by atoms with Crippen LogP contribution in [0.5, 0.6) is 11.5 Å². The Labute approximate surface area is 177 Å². The summed E-state index contributed by atoms with van der Waals surface area (Å²) in [6, 6.07) is 4.96. The maximum absolute atomic E-state index is 13.5. The molecule has 6 heteroatoms. The van der Waals surface area contributed by atoms with E-state index >= 15 is 0 Å². The zero-order valence-corrected chi connectivity index (χ0v) is 17.9. The van der Waals surface area contributed by atoms with Crippen molar-refractivity contribution in [2.45, 2.75) is 42.9 Å². The predicted octanol–water partition coefficient (Wildman–Crippen LogP) is 2.25. The summed E-state index contributed by atoms with van der Waals surface area (Å²) < 4.78 is 18.8. The summed E-state index contributed by atoms with van der Waals surface area (Å²) in [4.78, 5) is 15.7. The van der Waals surface area contributed by atoms with Crippen LogP contribution < -0.4 is 14.4 Å². The van der Waals surface area contributed by atoms with Crippen LogP contribution >= 0.6 is 0 Å². The average molecular weight is 410 g/mol. The maximum Gasteiger partial charge on any atom is 0.229 e. The molecule has 5 heterocycles. The van der Waals surface area contributed by atoms with Gasteiger partial charge in [-0.25, -0.2) is 0 Å². The van der Waals surface area contributed by atoms with Crippen molar-refractivity contribution in [2.24, 2.45) is 11.8 Å². The van der Waals surface area contributed by atoms with E-state index in [1.165, 1.54) is 18.5 Å². The number of ether oxygens (including phenoxy) is 3. The van der Waals surface area contributed by atoms with Crippen LogP contribution in [-0.4, -0.2) is 69.5 Å². The van der Waals surface area contributed by atoms with E-state index in [4.69, 9.17) is 14.2 Å². The molecule has 2 bridgehead atoms. The average Bonchev–Trinajstić information content (AvgIpc) is 3.15. The Balaban J connectivity index is 1.54. The summed E-state index contributed by atoms with van der Waals surface area (Å²) in [6.07, 6.45) is 5.19. The third kappa shape index (κ3) is 1.75. The van der Waals surface area contributed by atoms with Gasteiger partial charge in [-0.15, -0.1) is 0 Å². The van der Waals surface area contributed by atoms with Gasteiger partial charge in [0.25, 0.3) is 0 Å². The number of fused-ring (bicyclic) bond motifs is 2. The van der Waals surface area contributed by atoms with Crippen molar-refractivity contribution in [3.05, 3.63) is 29.3 Å². The summed E-state index contributed by atoms with van der Waals surface area (Å²) in [7, 11) is 5.81. The highest BCUT2D eigenvalue weighted by Gasteiger charge is 2.75. The van der Waals surface area contributed by atoms with E-state index in [2.05, 4.69) is 30.2 Å². The van der Waals surface area contributed by atoms with E-state index < -0.39 is 0 Å². The molecule has 1 saturated carbocycles. The van der Waals surface area contributed by atoms with E-state index in [0.29, 0.717) is 36.7 Å². The fraction of sp³-hybridized carbons (Fsp3) is 0.625. The molecule has 5 aliphatic heterocycles. The number of amides is 1. The van der Waals surface area contributed by atoms with Crippen LogP contribution in [-0.2, 0) is 14.9 Å². The van der Waals surface area contributed by atoms with Gasteiger partial charge in [0, 0.05) is 24.8 Å². The van der Waals surface area contributed by atoms with Crippen LogP contribution in [0.2, 0.25) is 0 Å². The van der Waals surface area contributed by atoms with Gasteiger partial charge < -0.3 is 23.6 Å². The molecule has 6 aliphatic rings. The number of methoxy groups -OCH3 is 2. The van der Waals surface area contributed by atoms with Gasteiger partial charge in [-0.3, -0.25) is 4.79 Å². The fourth-order valence-electron chi connectivity index (χ4n) is 8.50. The molecule has 0 aromatic heterocycles. The van der Waals surface area contributed by atoms with Crippen molar-refractivity contribution in [1.29, 1.82) is 0 Å². The summed E-state index contributed by atoms with van der Waals surface area (Å²) in [5.41, 5.74) is 3.92. The van der Waals surface area contributed by atoms with E-state index in [0.717, 1.165) is 28.9 Å². The van der Waals surface area contributed by atoms with Crippen molar-refractivity contribution in [2.75, 3.05) is 45.9 Å². The first kappa shape index (κ1) is 17.6. The van der Waals surface area contributed by atoms with Crippen molar-refractivity contribution < 1.29 is 23.5 Å². The minimum absolute atomic E-state index is 0.0155. The lowest BCUT2D eigenvalue weighted by Crippen LogP contribution is -2.72. The first-order valence-corrected chi connectivity index (χ1v) is 11.2. The van der Waals surface area contributed by atoms with E-state index in [-0.39, 0.29) is 23.5 Å². The highest BCUT2D eigenvalue weighted by molar-refractivity contribution is 5.99. The number of carbonyl (C=O) groups excluding carboxylic acids is 1. The molecule has 7 rings (SSSR count). The first-order chi connectivity index (χ1) is 14.5. The van der Waals surface area contributed by atoms with Crippen LogP contribution in [0.25, 0.3) is 0 Å². The predicted molar refractivity (Wildman–Crippen MR) is 111 cm³/mol. The summed E-state index contributed by atoms with van der Waals surface area (Å²) in [6.45, 7) is 2.95. The lowest BCUT2D eigenvalue weighted by molar-refractivity contribution is -0.925. The molecule has 30 heavy (non-hydrogen) atoms. The van der Waals surface area contributed by atoms with Crippen molar-refractivity contribution in [1.82, 2.24) is 0 Å². The number of likely N-dealkylation sites (N-methyl/N-ethyl adjacent to an activating group) is 1. The van der Waals surface area contributed by atoms with Crippen LogP contribution in [0.15, 0.2) is 23.8 Å². The fourth-order valence-corrected chi connectivity index (χ4v) is 8.50. The smallest absolute Gasteiger partial charge is 0.229 e. The minimum Gasteiger partial charge on any atom is -0.493 e. The molecular formula is C24H29N2O4+. The van der Waals surface area contributed by atoms with Gasteiger partial charge in [0.1, 0.15) is 12.6 Å². The van der Waals surface area contributed by atoms with Crippen LogP contribution in [0.3, 0.4) is 0 Å². The van der Waals surface area contributed by atoms with Crippen LogP contribution in [0.4, 0.5) is 5.69 Å². The minimum atomic E-state index is -0.0155. The largest absolute Gasteiger partial charge is 0.493 e. The van der Waals surface area contributed by atoms with Gasteiger partial charge >= 0.3 is 0 Å². The summed E-state index contributed by atoms with van der Waals surface area (Å²) in [5, 5.41) is 0. The highest BCUT2D eigenvalue weighted by Crippen LogP contribution is 2.68. The second kappa shape index (κ2) is 5.40. The Morgan fingerprint density at radius 3 is 2.83 bits per heavy atom. The van der Waals surface area contributed by atoms with Gasteiger partial charge in [0.2, 0.25) is 5.91 Å². The second-order valence-corrected chi connectivity index (χ2v) is 10.4. The number of hydrogen-bond donors (Lipinski definition) is 0. The van der Waals surface area contributed by atoms with Crippen LogP contribution in [0.1, 0.15) is 24.8 Å². The lowest BCUT2D eigenvalue weighted by Gasteiger charge is -2.59. The Morgan fingerprint density at radius 2 is 2.03 bits per heavy atom. The molecule has 1 aromatic rings. The van der Waals surface area contributed by atoms with Crippen molar-refractivity contribution in [3.63, 3.8) is 0 Å². The number of benzene rings is 1. The molecule has 1 unspecified atom stereocenters. The number of nitrogens with zero attached hydrogens (tertiary/aromatic N) is 2. The molecule has 0 N–H and O–H groups in total. The highest BCUT2D eigenvalue weighted by atomic mass is 16.5.